The van der Waals surface area contributed by atoms with E-state index in [1.54, 1.807) is 11.3 Å². The van der Waals surface area contributed by atoms with Gasteiger partial charge in [0.15, 0.2) is 17.5 Å². The number of thiophene rings is 1. The van der Waals surface area contributed by atoms with E-state index in [1.165, 1.54) is 52.5 Å². The molecule has 2 heterocycles. The highest BCUT2D eigenvalue weighted by atomic mass is 32.1. The Morgan fingerprint density at radius 3 is 1.75 bits per heavy atom. The van der Waals surface area contributed by atoms with Gasteiger partial charge in [-0.15, -0.1) is 11.3 Å². The van der Waals surface area contributed by atoms with Gasteiger partial charge in [-0.05, 0) is 84.9 Å². The lowest BCUT2D eigenvalue weighted by Gasteiger charge is -2.15. The molecule has 0 amide bonds. The summed E-state index contributed by atoms with van der Waals surface area (Å²) in [6, 6.07) is 66.9. The average molecular weight is 718 g/mol. The molecule has 0 N–H and O–H groups in total. The maximum atomic E-state index is 5.35. The second-order valence-electron chi connectivity index (χ2n) is 14.0. The summed E-state index contributed by atoms with van der Waals surface area (Å²) in [6.45, 7) is 0. The Morgan fingerprint density at radius 1 is 0.291 bits per heavy atom. The fourth-order valence-corrected chi connectivity index (χ4v) is 9.28. The summed E-state index contributed by atoms with van der Waals surface area (Å²) < 4.78 is 2.42. The number of fused-ring (bicyclic) bond motifs is 7. The summed E-state index contributed by atoms with van der Waals surface area (Å²) >= 11 is 1.79. The first-order valence-corrected chi connectivity index (χ1v) is 19.3. The molecule has 3 nitrogen and oxygen atoms in total. The Labute approximate surface area is 321 Å². The predicted octanol–water partition coefficient (Wildman–Crippen LogP) is 14.0. The van der Waals surface area contributed by atoms with Gasteiger partial charge in [0.25, 0.3) is 0 Å². The zero-order chi connectivity index (χ0) is 36.3. The molecule has 55 heavy (non-hydrogen) atoms. The number of nitrogens with zero attached hydrogens (tertiary/aromatic N) is 3. The van der Waals surface area contributed by atoms with Crippen LogP contribution in [0, 0.1) is 0 Å². The van der Waals surface area contributed by atoms with Crippen molar-refractivity contribution < 1.29 is 0 Å². The lowest BCUT2D eigenvalue weighted by molar-refractivity contribution is 1.08. The van der Waals surface area contributed by atoms with Crippen molar-refractivity contribution in [2.45, 2.75) is 0 Å². The quantitative estimate of drug-likeness (QED) is 0.166. The molecule has 0 bridgehead atoms. The van der Waals surface area contributed by atoms with Crippen LogP contribution in [0.3, 0.4) is 0 Å². The van der Waals surface area contributed by atoms with Crippen molar-refractivity contribution in [3.63, 3.8) is 0 Å². The minimum Gasteiger partial charge on any atom is -0.208 e. The first-order chi connectivity index (χ1) is 27.2. The molecule has 2 aromatic heterocycles. The molecule has 0 atom stereocenters. The van der Waals surface area contributed by atoms with Crippen molar-refractivity contribution in [1.29, 1.82) is 0 Å². The molecule has 11 aromatic rings. The largest absolute Gasteiger partial charge is 0.208 e. The first kappa shape index (κ1) is 31.5. The molecule has 0 unspecified atom stereocenters. The van der Waals surface area contributed by atoms with Crippen molar-refractivity contribution in [2.75, 3.05) is 0 Å². The number of benzene rings is 9. The third-order valence-electron chi connectivity index (χ3n) is 10.7. The van der Waals surface area contributed by atoms with Crippen LogP contribution in [0.1, 0.15) is 0 Å². The van der Waals surface area contributed by atoms with Crippen LogP contribution in [-0.4, -0.2) is 15.0 Å². The molecular formula is C51H31N3S. The molecule has 0 aliphatic heterocycles. The van der Waals surface area contributed by atoms with E-state index in [4.69, 9.17) is 15.0 Å². The van der Waals surface area contributed by atoms with E-state index in [0.29, 0.717) is 17.5 Å². The maximum Gasteiger partial charge on any atom is 0.165 e. The molecule has 4 heteroatoms. The van der Waals surface area contributed by atoms with Crippen LogP contribution >= 0.6 is 11.3 Å². The highest BCUT2D eigenvalue weighted by molar-refractivity contribution is 7.26. The number of aromatic nitrogens is 3. The SMILES string of the molecule is c1cc(-c2ccc3ccccc3c2)cc(-c2nc(-c3ccccc3-c3cc4ccccc4c4ccccc34)nc(-c3cccc4c3sc3ccccc34)n2)c1. The van der Waals surface area contributed by atoms with E-state index in [2.05, 4.69) is 188 Å². The highest BCUT2D eigenvalue weighted by Gasteiger charge is 2.20. The zero-order valence-corrected chi connectivity index (χ0v) is 30.5. The lowest BCUT2D eigenvalue weighted by atomic mass is 9.91. The summed E-state index contributed by atoms with van der Waals surface area (Å²) in [5.41, 5.74) is 7.40. The second-order valence-corrected chi connectivity index (χ2v) is 15.0. The summed E-state index contributed by atoms with van der Waals surface area (Å²) in [5, 5.41) is 9.76. The molecule has 0 fully saturated rings. The highest BCUT2D eigenvalue weighted by Crippen LogP contribution is 2.42. The van der Waals surface area contributed by atoms with E-state index in [0.717, 1.165) is 38.9 Å². The summed E-state index contributed by atoms with van der Waals surface area (Å²) in [4.78, 5) is 15.9. The van der Waals surface area contributed by atoms with Crippen LogP contribution in [0.5, 0.6) is 0 Å². The molecule has 0 aliphatic carbocycles. The van der Waals surface area contributed by atoms with Crippen molar-refractivity contribution in [1.82, 2.24) is 15.0 Å². The van der Waals surface area contributed by atoms with Gasteiger partial charge < -0.3 is 0 Å². The predicted molar refractivity (Wildman–Crippen MR) is 232 cm³/mol. The molecule has 11 rings (SSSR count). The average Bonchev–Trinajstić information content (AvgIpc) is 3.65. The smallest absolute Gasteiger partial charge is 0.165 e. The Morgan fingerprint density at radius 2 is 0.873 bits per heavy atom. The Bertz CT molecular complexity index is 3290. The van der Waals surface area contributed by atoms with Crippen LogP contribution in [-0.2, 0) is 0 Å². The van der Waals surface area contributed by atoms with Crippen molar-refractivity contribution in [2.24, 2.45) is 0 Å². The van der Waals surface area contributed by atoms with E-state index in [9.17, 15) is 0 Å². The Kier molecular flexibility index (Phi) is 7.35. The Hall–Kier alpha value is -7.01. The molecular weight excluding hydrogens is 687 g/mol. The third kappa shape index (κ3) is 5.38. The monoisotopic (exact) mass is 717 g/mol. The lowest BCUT2D eigenvalue weighted by Crippen LogP contribution is -2.01. The fourth-order valence-electron chi connectivity index (χ4n) is 8.07. The van der Waals surface area contributed by atoms with Gasteiger partial charge in [-0.25, -0.2) is 15.0 Å². The van der Waals surface area contributed by atoms with Gasteiger partial charge in [0.05, 0.1) is 0 Å². The summed E-state index contributed by atoms with van der Waals surface area (Å²) in [7, 11) is 0. The normalized spacial score (nSPS) is 11.6. The van der Waals surface area contributed by atoms with Crippen LogP contribution in [0.4, 0.5) is 0 Å². The summed E-state index contributed by atoms with van der Waals surface area (Å²) in [5.74, 6) is 1.94. The topological polar surface area (TPSA) is 38.7 Å². The molecule has 256 valence electrons. The van der Waals surface area contributed by atoms with E-state index in [-0.39, 0.29) is 0 Å². The zero-order valence-electron chi connectivity index (χ0n) is 29.6. The van der Waals surface area contributed by atoms with Crippen molar-refractivity contribution >= 4 is 63.8 Å². The van der Waals surface area contributed by atoms with Gasteiger partial charge in [0.1, 0.15) is 0 Å². The number of hydrogen-bond acceptors (Lipinski definition) is 4. The minimum absolute atomic E-state index is 0.638. The van der Waals surface area contributed by atoms with E-state index < -0.39 is 0 Å². The van der Waals surface area contributed by atoms with E-state index >= 15 is 0 Å². The van der Waals surface area contributed by atoms with Crippen LogP contribution in [0.2, 0.25) is 0 Å². The molecule has 0 aliphatic rings. The fraction of sp³-hybridized carbons (Fsp3) is 0. The van der Waals surface area contributed by atoms with Crippen LogP contribution < -0.4 is 0 Å². The van der Waals surface area contributed by atoms with Gasteiger partial charge in [0.2, 0.25) is 0 Å². The first-order valence-electron chi connectivity index (χ1n) is 18.5. The van der Waals surface area contributed by atoms with Gasteiger partial charge in [-0.1, -0.05) is 158 Å². The number of hydrogen-bond donors (Lipinski definition) is 0. The van der Waals surface area contributed by atoms with Crippen LogP contribution in [0.15, 0.2) is 188 Å². The van der Waals surface area contributed by atoms with Crippen molar-refractivity contribution in [3.8, 4) is 56.4 Å². The molecule has 0 saturated carbocycles. The van der Waals surface area contributed by atoms with Gasteiger partial charge >= 0.3 is 0 Å². The van der Waals surface area contributed by atoms with Gasteiger partial charge in [-0.2, -0.15) is 0 Å². The van der Waals surface area contributed by atoms with E-state index in [1.807, 2.05) is 0 Å². The second kappa shape index (κ2) is 12.8. The molecule has 0 saturated heterocycles. The molecule has 9 aromatic carbocycles. The number of rotatable bonds is 5. The van der Waals surface area contributed by atoms with Crippen LogP contribution in [0.25, 0.3) is 109 Å². The summed E-state index contributed by atoms with van der Waals surface area (Å²) in [6.07, 6.45) is 0. The standard InChI is InChI=1S/C51H31N3S/c1-2-14-33-29-35(28-27-32(33)13-1)34-16-11-17-37(30-34)49-52-50(54-51(53-49)45-25-12-24-43-42-22-9-10-26-47(42)55-48(43)45)44-23-8-7-21-41(44)46-31-36-15-3-4-18-38(36)39-19-5-6-20-40(39)46/h1-31H. The maximum absolute atomic E-state index is 5.35. The molecule has 0 radical (unpaired) electrons. The van der Waals surface area contributed by atoms with Gasteiger partial charge in [-0.3, -0.25) is 0 Å². The minimum atomic E-state index is 0.638. The Balaban J connectivity index is 1.15. The van der Waals surface area contributed by atoms with Crippen molar-refractivity contribution in [3.05, 3.63) is 188 Å². The third-order valence-corrected chi connectivity index (χ3v) is 11.9. The van der Waals surface area contributed by atoms with Gasteiger partial charge in [0, 0.05) is 36.9 Å². The molecule has 0 spiro atoms.